The van der Waals surface area contributed by atoms with Gasteiger partial charge in [-0.3, -0.25) is 0 Å². The molecule has 0 radical (unpaired) electrons. The summed E-state index contributed by atoms with van der Waals surface area (Å²) < 4.78 is 0. The Balaban J connectivity index is 2.53. The lowest BCUT2D eigenvalue weighted by Crippen LogP contribution is -2.29. The number of hydrogen-bond acceptors (Lipinski definition) is 2. The predicted octanol–water partition coefficient (Wildman–Crippen LogP) is 4.25. The molecule has 0 amide bonds. The van der Waals surface area contributed by atoms with Crippen LogP contribution in [0.2, 0.25) is 0 Å². The second kappa shape index (κ2) is 3.86. The second-order valence-electron chi connectivity index (χ2n) is 6.82. The highest BCUT2D eigenvalue weighted by Gasteiger charge is 2.52. The quantitative estimate of drug-likeness (QED) is 0.313. The minimum atomic E-state index is 0.227. The van der Waals surface area contributed by atoms with Gasteiger partial charge in [0, 0.05) is 5.92 Å². The van der Waals surface area contributed by atoms with Crippen LogP contribution in [0.5, 0.6) is 0 Å². The van der Waals surface area contributed by atoms with Crippen LogP contribution in [0.1, 0.15) is 53.9 Å². The highest BCUT2D eigenvalue weighted by Crippen LogP contribution is 2.61. The molecule has 1 N–H and O–H groups in total. The predicted molar refractivity (Wildman–Crippen MR) is 71.4 cm³/mol. The molecule has 0 heterocycles. The van der Waals surface area contributed by atoms with Gasteiger partial charge in [0.05, 0.1) is 6.21 Å². The number of hydrogen-bond donors (Lipinski definition) is 1. The molecule has 2 heteroatoms. The van der Waals surface area contributed by atoms with E-state index in [4.69, 9.17) is 5.21 Å². The normalized spacial score (nSPS) is 35.4. The Labute approximate surface area is 105 Å². The molecule has 0 saturated heterocycles. The van der Waals surface area contributed by atoms with Gasteiger partial charge in [-0.05, 0) is 36.0 Å². The van der Waals surface area contributed by atoms with Crippen LogP contribution in [0, 0.1) is 22.7 Å². The molecular weight excluding hydrogens is 210 g/mol. The summed E-state index contributed by atoms with van der Waals surface area (Å²) in [5.41, 5.74) is 3.71. The Kier molecular flexibility index (Phi) is 2.87. The number of rotatable bonds is 1. The van der Waals surface area contributed by atoms with Crippen molar-refractivity contribution in [1.29, 1.82) is 0 Å². The van der Waals surface area contributed by atoms with Crippen LogP contribution in [-0.4, -0.2) is 11.4 Å². The molecule has 0 bridgehead atoms. The van der Waals surface area contributed by atoms with Gasteiger partial charge in [-0.15, -0.1) is 5.16 Å². The average Bonchev–Trinajstić information content (AvgIpc) is 2.40. The molecule has 0 aliphatic heterocycles. The van der Waals surface area contributed by atoms with Crippen molar-refractivity contribution in [1.82, 2.24) is 0 Å². The molecule has 2 unspecified atom stereocenters. The molecule has 2 aliphatic rings. The fourth-order valence-corrected chi connectivity index (χ4v) is 4.16. The molecule has 2 rings (SSSR count). The van der Waals surface area contributed by atoms with Gasteiger partial charge >= 0.3 is 0 Å². The largest absolute Gasteiger partial charge is 0.411 e. The molecule has 2 nitrogen and oxygen atoms in total. The summed E-state index contributed by atoms with van der Waals surface area (Å²) in [7, 11) is 0. The van der Waals surface area contributed by atoms with Gasteiger partial charge in [-0.25, -0.2) is 0 Å². The van der Waals surface area contributed by atoms with Crippen molar-refractivity contribution < 1.29 is 5.21 Å². The van der Waals surface area contributed by atoms with Gasteiger partial charge < -0.3 is 5.21 Å². The fourth-order valence-electron chi connectivity index (χ4n) is 4.16. The average molecular weight is 235 g/mol. The molecule has 0 aromatic heterocycles. The van der Waals surface area contributed by atoms with Crippen LogP contribution in [0.3, 0.4) is 0 Å². The third kappa shape index (κ3) is 1.64. The second-order valence-corrected chi connectivity index (χ2v) is 6.82. The summed E-state index contributed by atoms with van der Waals surface area (Å²) in [6.45, 7) is 11.8. The lowest BCUT2D eigenvalue weighted by atomic mass is 9.69. The van der Waals surface area contributed by atoms with E-state index in [1.165, 1.54) is 12.8 Å². The molecule has 0 spiro atoms. The standard InChI is InChI=1S/C15H25NO/c1-10-14(2,3)12-8-6-7-11(9-16-17)13(12)15(10,4)5/h9-11,17H,6-8H2,1-5H3/b16-9+. The zero-order valence-corrected chi connectivity index (χ0v) is 11.7. The van der Waals surface area contributed by atoms with Crippen molar-refractivity contribution >= 4 is 6.21 Å². The zero-order valence-electron chi connectivity index (χ0n) is 11.7. The number of allylic oxidation sites excluding steroid dienone is 2. The van der Waals surface area contributed by atoms with Gasteiger partial charge in [0.25, 0.3) is 0 Å². The first-order valence-electron chi connectivity index (χ1n) is 6.75. The molecule has 17 heavy (non-hydrogen) atoms. The Hall–Kier alpha value is -0.790. The van der Waals surface area contributed by atoms with Crippen molar-refractivity contribution in [3.63, 3.8) is 0 Å². The maximum Gasteiger partial charge on any atom is 0.0507 e. The smallest absolute Gasteiger partial charge is 0.0507 e. The minimum absolute atomic E-state index is 0.227. The zero-order chi connectivity index (χ0) is 12.8. The third-order valence-electron chi connectivity index (χ3n) is 5.52. The van der Waals surface area contributed by atoms with Crippen LogP contribution >= 0.6 is 0 Å². The Bertz CT molecular complexity index is 376. The number of nitrogens with zero attached hydrogens (tertiary/aromatic N) is 1. The maximum atomic E-state index is 8.85. The van der Waals surface area contributed by atoms with E-state index in [0.29, 0.717) is 17.3 Å². The molecule has 0 saturated carbocycles. The summed E-state index contributed by atoms with van der Waals surface area (Å²) in [6, 6.07) is 0. The highest BCUT2D eigenvalue weighted by atomic mass is 16.4. The van der Waals surface area contributed by atoms with Crippen LogP contribution < -0.4 is 0 Å². The first kappa shape index (κ1) is 12.7. The van der Waals surface area contributed by atoms with Crippen molar-refractivity contribution in [3.05, 3.63) is 11.1 Å². The van der Waals surface area contributed by atoms with Crippen LogP contribution in [0.15, 0.2) is 16.3 Å². The van der Waals surface area contributed by atoms with Crippen LogP contribution in [-0.2, 0) is 0 Å². The van der Waals surface area contributed by atoms with E-state index < -0.39 is 0 Å². The molecule has 2 aliphatic carbocycles. The molecule has 2 atom stereocenters. The maximum absolute atomic E-state index is 8.85. The van der Waals surface area contributed by atoms with E-state index in [2.05, 4.69) is 39.8 Å². The Morgan fingerprint density at radius 3 is 2.47 bits per heavy atom. The van der Waals surface area contributed by atoms with Gasteiger partial charge in [-0.2, -0.15) is 0 Å². The summed E-state index contributed by atoms with van der Waals surface area (Å²) >= 11 is 0. The Morgan fingerprint density at radius 1 is 1.24 bits per heavy atom. The molecule has 0 aromatic rings. The van der Waals surface area contributed by atoms with E-state index >= 15 is 0 Å². The van der Waals surface area contributed by atoms with Crippen LogP contribution in [0.25, 0.3) is 0 Å². The summed E-state index contributed by atoms with van der Waals surface area (Å²) in [6.07, 6.45) is 5.33. The highest BCUT2D eigenvalue weighted by molar-refractivity contribution is 5.67. The Morgan fingerprint density at radius 2 is 1.88 bits per heavy atom. The van der Waals surface area contributed by atoms with Crippen molar-refractivity contribution in [3.8, 4) is 0 Å². The molecule has 0 fully saturated rings. The summed E-state index contributed by atoms with van der Waals surface area (Å²) in [5, 5.41) is 12.2. The summed E-state index contributed by atoms with van der Waals surface area (Å²) in [4.78, 5) is 0. The molecule has 96 valence electrons. The van der Waals surface area contributed by atoms with Gasteiger partial charge in [0.1, 0.15) is 0 Å². The minimum Gasteiger partial charge on any atom is -0.411 e. The van der Waals surface area contributed by atoms with Gasteiger partial charge in [0.2, 0.25) is 0 Å². The fraction of sp³-hybridized carbons (Fsp3) is 0.800. The first-order valence-corrected chi connectivity index (χ1v) is 6.75. The topological polar surface area (TPSA) is 32.6 Å². The van der Waals surface area contributed by atoms with E-state index in [0.717, 1.165) is 6.42 Å². The molecular formula is C15H25NO. The van der Waals surface area contributed by atoms with E-state index in [1.54, 1.807) is 17.4 Å². The van der Waals surface area contributed by atoms with E-state index in [9.17, 15) is 0 Å². The molecule has 0 aromatic carbocycles. The van der Waals surface area contributed by atoms with Gasteiger partial charge in [-0.1, -0.05) is 45.8 Å². The van der Waals surface area contributed by atoms with Crippen molar-refractivity contribution in [2.75, 3.05) is 0 Å². The van der Waals surface area contributed by atoms with Crippen molar-refractivity contribution in [2.24, 2.45) is 27.8 Å². The van der Waals surface area contributed by atoms with E-state index in [-0.39, 0.29) is 5.41 Å². The number of oxime groups is 1. The lowest BCUT2D eigenvalue weighted by Gasteiger charge is -2.35. The summed E-state index contributed by atoms with van der Waals surface area (Å²) in [5.74, 6) is 0.996. The SMILES string of the molecule is CC1C(C)(C)C2=C(C(/C=N/O)CCC2)C1(C)C. The van der Waals surface area contributed by atoms with Crippen molar-refractivity contribution in [2.45, 2.75) is 53.9 Å². The third-order valence-corrected chi connectivity index (χ3v) is 5.52. The monoisotopic (exact) mass is 235 g/mol. The first-order chi connectivity index (χ1) is 7.83. The van der Waals surface area contributed by atoms with Gasteiger partial charge in [0.15, 0.2) is 0 Å². The van der Waals surface area contributed by atoms with Crippen LogP contribution in [0.4, 0.5) is 0 Å². The van der Waals surface area contributed by atoms with E-state index in [1.807, 2.05) is 0 Å². The lowest BCUT2D eigenvalue weighted by molar-refractivity contribution is 0.185.